The Balaban J connectivity index is 1.27. The summed E-state index contributed by atoms with van der Waals surface area (Å²) in [6.45, 7) is 4.84. The smallest absolute Gasteiger partial charge is 0.257 e. The summed E-state index contributed by atoms with van der Waals surface area (Å²) in [5, 5.41) is 10.8. The molecule has 3 heterocycles. The summed E-state index contributed by atoms with van der Waals surface area (Å²) in [6, 6.07) is 11.5. The van der Waals surface area contributed by atoms with Gasteiger partial charge in [0.25, 0.3) is 5.91 Å². The number of hydrogen-bond donors (Lipinski definition) is 2. The minimum Gasteiger partial charge on any atom is -0.362 e. The van der Waals surface area contributed by atoms with Gasteiger partial charge < -0.3 is 10.6 Å². The van der Waals surface area contributed by atoms with Gasteiger partial charge >= 0.3 is 0 Å². The number of aromatic nitrogens is 5. The third-order valence-corrected chi connectivity index (χ3v) is 5.65. The Labute approximate surface area is 186 Å². The van der Waals surface area contributed by atoms with E-state index in [4.69, 9.17) is 0 Å². The maximum Gasteiger partial charge on any atom is 0.257 e. The van der Waals surface area contributed by atoms with Crippen LogP contribution in [0.5, 0.6) is 0 Å². The summed E-state index contributed by atoms with van der Waals surface area (Å²) in [7, 11) is 0. The highest BCUT2D eigenvalue weighted by molar-refractivity contribution is 6.04. The van der Waals surface area contributed by atoms with E-state index in [-0.39, 0.29) is 11.9 Å². The standard InChI is InChI=1S/C24H25N7O/c1-3-31-14-21-23(30-31)29-22(13-26-21)27-15(2)17-5-4-6-19(11-17)28-24(32)18-9-10-20(25-12-18)16-7-8-16/h4-6,9-16H,3,7-8H2,1-2H3,(H,28,32)(H,27,29,30)/t15-/m0/s1. The molecule has 1 aliphatic carbocycles. The van der Waals surface area contributed by atoms with Gasteiger partial charge in [-0.15, -0.1) is 0 Å². The van der Waals surface area contributed by atoms with Crippen LogP contribution in [0.4, 0.5) is 11.5 Å². The lowest BCUT2D eigenvalue weighted by atomic mass is 10.1. The molecule has 2 N–H and O–H groups in total. The second-order valence-corrected chi connectivity index (χ2v) is 8.14. The lowest BCUT2D eigenvalue weighted by Gasteiger charge is -2.16. The molecule has 1 atom stereocenters. The zero-order chi connectivity index (χ0) is 22.1. The van der Waals surface area contributed by atoms with Gasteiger partial charge in [0.05, 0.1) is 24.0 Å². The second-order valence-electron chi connectivity index (χ2n) is 8.14. The molecule has 0 aliphatic heterocycles. The first-order chi connectivity index (χ1) is 15.6. The molecule has 8 heteroatoms. The lowest BCUT2D eigenvalue weighted by molar-refractivity contribution is 0.102. The first-order valence-electron chi connectivity index (χ1n) is 10.9. The number of nitrogens with one attached hydrogen (secondary N) is 2. The maximum absolute atomic E-state index is 12.6. The van der Waals surface area contributed by atoms with Gasteiger partial charge in [-0.05, 0) is 56.5 Å². The van der Waals surface area contributed by atoms with Gasteiger partial charge in [-0.25, -0.2) is 9.97 Å². The summed E-state index contributed by atoms with van der Waals surface area (Å²) < 4.78 is 1.82. The highest BCUT2D eigenvalue weighted by Crippen LogP contribution is 2.38. The molecule has 1 saturated carbocycles. The Morgan fingerprint density at radius 2 is 2.06 bits per heavy atom. The third-order valence-electron chi connectivity index (χ3n) is 5.65. The fraction of sp³-hybridized carbons (Fsp3) is 0.292. The first-order valence-corrected chi connectivity index (χ1v) is 10.9. The van der Waals surface area contributed by atoms with Crippen molar-refractivity contribution in [1.29, 1.82) is 0 Å². The summed E-state index contributed by atoms with van der Waals surface area (Å²) in [5.41, 5.74) is 4.77. The minimum atomic E-state index is -0.166. The van der Waals surface area contributed by atoms with Gasteiger partial charge in [0.15, 0.2) is 0 Å². The molecule has 162 valence electrons. The Morgan fingerprint density at radius 3 is 2.81 bits per heavy atom. The van der Waals surface area contributed by atoms with Crippen LogP contribution in [0, 0.1) is 0 Å². The van der Waals surface area contributed by atoms with Crippen molar-refractivity contribution >= 4 is 28.6 Å². The van der Waals surface area contributed by atoms with Gasteiger partial charge in [-0.2, -0.15) is 5.10 Å². The summed E-state index contributed by atoms with van der Waals surface area (Å²) in [5.74, 6) is 1.06. The van der Waals surface area contributed by atoms with Crippen molar-refractivity contribution in [2.45, 2.75) is 45.2 Å². The van der Waals surface area contributed by atoms with E-state index < -0.39 is 0 Å². The Morgan fingerprint density at radius 1 is 1.19 bits per heavy atom. The van der Waals surface area contributed by atoms with Crippen molar-refractivity contribution in [1.82, 2.24) is 24.7 Å². The van der Waals surface area contributed by atoms with E-state index in [0.717, 1.165) is 29.0 Å². The maximum atomic E-state index is 12.6. The Bertz CT molecular complexity index is 1260. The Hall–Kier alpha value is -3.81. The van der Waals surface area contributed by atoms with Crippen LogP contribution in [0.15, 0.2) is 55.0 Å². The fourth-order valence-corrected chi connectivity index (χ4v) is 3.63. The predicted octanol–water partition coefficient (Wildman–Crippen LogP) is 4.54. The normalized spacial score (nSPS) is 14.3. The monoisotopic (exact) mass is 427 g/mol. The summed E-state index contributed by atoms with van der Waals surface area (Å²) in [6.07, 6.45) is 7.64. The largest absolute Gasteiger partial charge is 0.362 e. The number of pyridine rings is 1. The van der Waals surface area contributed by atoms with Gasteiger partial charge in [0.2, 0.25) is 5.65 Å². The molecule has 1 aromatic carbocycles. The first kappa shape index (κ1) is 20.1. The molecule has 0 unspecified atom stereocenters. The SMILES string of the molecule is CCn1cc2ncc(N[C@@H](C)c3cccc(NC(=O)c4ccc(C5CC5)nc4)c3)nc2n1. The number of fused-ring (bicyclic) bond motifs is 1. The van der Waals surface area contributed by atoms with Crippen molar-refractivity contribution in [2.75, 3.05) is 10.6 Å². The van der Waals surface area contributed by atoms with Crippen LogP contribution in [-0.2, 0) is 6.54 Å². The predicted molar refractivity (Wildman–Crippen MR) is 124 cm³/mol. The highest BCUT2D eigenvalue weighted by Gasteiger charge is 2.24. The van der Waals surface area contributed by atoms with E-state index in [1.165, 1.54) is 12.8 Å². The highest BCUT2D eigenvalue weighted by atomic mass is 16.1. The van der Waals surface area contributed by atoms with E-state index >= 15 is 0 Å². The summed E-state index contributed by atoms with van der Waals surface area (Å²) >= 11 is 0. The van der Waals surface area contributed by atoms with Gasteiger partial charge in [0, 0.05) is 30.0 Å². The van der Waals surface area contributed by atoms with Gasteiger partial charge in [-0.3, -0.25) is 14.5 Å². The number of benzene rings is 1. The van der Waals surface area contributed by atoms with E-state index in [1.54, 1.807) is 12.4 Å². The molecule has 0 bridgehead atoms. The molecule has 32 heavy (non-hydrogen) atoms. The van der Waals surface area contributed by atoms with Crippen LogP contribution in [0.1, 0.15) is 60.3 Å². The molecule has 1 aliphatic rings. The number of carbonyl (C=O) groups excluding carboxylic acids is 1. The quantitative estimate of drug-likeness (QED) is 0.449. The van der Waals surface area contributed by atoms with Crippen molar-refractivity contribution in [3.8, 4) is 0 Å². The van der Waals surface area contributed by atoms with E-state index in [2.05, 4.69) is 30.7 Å². The second kappa shape index (κ2) is 8.37. The topological polar surface area (TPSA) is 97.6 Å². The summed E-state index contributed by atoms with van der Waals surface area (Å²) in [4.78, 5) is 26.1. The lowest BCUT2D eigenvalue weighted by Crippen LogP contribution is -2.13. The number of amides is 1. The molecular weight excluding hydrogens is 402 g/mol. The molecular formula is C24H25N7O. The Kier molecular flexibility index (Phi) is 5.26. The average Bonchev–Trinajstić information content (AvgIpc) is 3.58. The molecule has 8 nitrogen and oxygen atoms in total. The molecule has 3 aromatic heterocycles. The zero-order valence-electron chi connectivity index (χ0n) is 18.1. The van der Waals surface area contributed by atoms with Crippen molar-refractivity contribution in [3.63, 3.8) is 0 Å². The number of aryl methyl sites for hydroxylation is 1. The van der Waals surface area contributed by atoms with E-state index in [0.29, 0.717) is 22.9 Å². The zero-order valence-corrected chi connectivity index (χ0v) is 18.1. The van der Waals surface area contributed by atoms with E-state index in [9.17, 15) is 4.79 Å². The number of carbonyl (C=O) groups is 1. The molecule has 0 spiro atoms. The number of nitrogens with zero attached hydrogens (tertiary/aromatic N) is 5. The van der Waals surface area contributed by atoms with Crippen LogP contribution in [0.2, 0.25) is 0 Å². The molecule has 1 amide bonds. The van der Waals surface area contributed by atoms with Gasteiger partial charge in [-0.1, -0.05) is 12.1 Å². The molecule has 0 radical (unpaired) electrons. The minimum absolute atomic E-state index is 0.0358. The van der Waals surface area contributed by atoms with Crippen LogP contribution >= 0.6 is 0 Å². The average molecular weight is 428 g/mol. The van der Waals surface area contributed by atoms with Crippen LogP contribution in [-0.4, -0.2) is 30.6 Å². The van der Waals surface area contributed by atoms with Crippen molar-refractivity contribution in [2.24, 2.45) is 0 Å². The van der Waals surface area contributed by atoms with Crippen molar-refractivity contribution < 1.29 is 4.79 Å². The van der Waals surface area contributed by atoms with Crippen molar-refractivity contribution in [3.05, 3.63) is 71.8 Å². The third kappa shape index (κ3) is 4.30. The van der Waals surface area contributed by atoms with Crippen LogP contribution < -0.4 is 10.6 Å². The van der Waals surface area contributed by atoms with Crippen LogP contribution in [0.25, 0.3) is 11.2 Å². The molecule has 5 rings (SSSR count). The molecule has 1 fully saturated rings. The number of anilines is 2. The van der Waals surface area contributed by atoms with Gasteiger partial charge in [0.1, 0.15) is 11.3 Å². The van der Waals surface area contributed by atoms with Crippen LogP contribution in [0.3, 0.4) is 0 Å². The number of rotatable bonds is 7. The molecule has 4 aromatic rings. The fourth-order valence-electron chi connectivity index (χ4n) is 3.63. The number of hydrogen-bond acceptors (Lipinski definition) is 6. The van der Waals surface area contributed by atoms with E-state index in [1.807, 2.05) is 61.1 Å². The molecule has 0 saturated heterocycles.